The maximum atomic E-state index is 2.68. The van der Waals surface area contributed by atoms with Gasteiger partial charge in [0.15, 0.2) is 0 Å². The van der Waals surface area contributed by atoms with Crippen molar-refractivity contribution < 1.29 is 0 Å². The van der Waals surface area contributed by atoms with Gasteiger partial charge in [-0.15, -0.1) is 0 Å². The summed E-state index contributed by atoms with van der Waals surface area (Å²) in [4.78, 5) is 0. The molecule has 5 aromatic rings. The molecule has 2 nitrogen and oxygen atoms in total. The Hall–Kier alpha value is -3.26. The number of hydrogen-bond acceptors (Lipinski definition) is 0. The molecule has 0 radical (unpaired) electrons. The summed E-state index contributed by atoms with van der Waals surface area (Å²) >= 11 is 0. The molecule has 0 fully saturated rings. The second-order valence-electron chi connectivity index (χ2n) is 15.9. The lowest BCUT2D eigenvalue weighted by Crippen LogP contribution is -2.35. The zero-order valence-electron chi connectivity index (χ0n) is 32.9. The molecule has 2 heterocycles. The molecule has 0 aliphatic heterocycles. The topological polar surface area (TPSA) is 9.86 Å². The maximum absolute atomic E-state index is 2.68. The third kappa shape index (κ3) is 4.13. The molecule has 46 heavy (non-hydrogen) atoms. The van der Waals surface area contributed by atoms with E-state index in [1.54, 1.807) is 0 Å². The summed E-state index contributed by atoms with van der Waals surface area (Å²) in [5.74, 6) is 0. The van der Waals surface area contributed by atoms with E-state index in [0.29, 0.717) is 0 Å². The molecule has 0 unspecified atom stereocenters. The van der Waals surface area contributed by atoms with Gasteiger partial charge >= 0.3 is 0 Å². The molecular formula is C44H60N2. The molecule has 0 bridgehead atoms. The summed E-state index contributed by atoms with van der Waals surface area (Å²) in [6.45, 7) is 47.1. The van der Waals surface area contributed by atoms with Crippen LogP contribution in [0.25, 0.3) is 21.8 Å². The second kappa shape index (κ2) is 10.6. The molecule has 0 N–H and O–H groups in total. The van der Waals surface area contributed by atoms with Gasteiger partial charge in [0.05, 0.1) is 22.1 Å². The van der Waals surface area contributed by atoms with Crippen LogP contribution < -0.4 is 0 Å². The smallest absolute Gasteiger partial charge is 0.0648 e. The minimum atomic E-state index is -0.239. The van der Waals surface area contributed by atoms with Crippen molar-refractivity contribution in [3.63, 3.8) is 0 Å². The van der Waals surface area contributed by atoms with Gasteiger partial charge < -0.3 is 9.13 Å². The molecule has 0 atom stereocenters. The van der Waals surface area contributed by atoms with Gasteiger partial charge in [0.2, 0.25) is 0 Å². The van der Waals surface area contributed by atoms with Crippen molar-refractivity contribution in [1.29, 1.82) is 0 Å². The summed E-state index contributed by atoms with van der Waals surface area (Å²) in [7, 11) is 0. The number of aromatic nitrogens is 2. The molecule has 0 amide bonds. The molecule has 0 aliphatic carbocycles. The third-order valence-corrected chi connectivity index (χ3v) is 13.2. The van der Waals surface area contributed by atoms with Crippen molar-refractivity contribution in [1.82, 2.24) is 9.13 Å². The third-order valence-electron chi connectivity index (χ3n) is 13.2. The van der Waals surface area contributed by atoms with E-state index in [4.69, 9.17) is 0 Å². The summed E-state index contributed by atoms with van der Waals surface area (Å²) < 4.78 is 5.35. The van der Waals surface area contributed by atoms with Crippen molar-refractivity contribution >= 4 is 21.8 Å². The zero-order valence-corrected chi connectivity index (χ0v) is 32.9. The van der Waals surface area contributed by atoms with Gasteiger partial charge in [-0.2, -0.15) is 0 Å². The van der Waals surface area contributed by atoms with E-state index >= 15 is 0 Å². The van der Waals surface area contributed by atoms with E-state index in [1.807, 2.05) is 0 Å². The predicted molar refractivity (Wildman–Crippen MR) is 203 cm³/mol. The van der Waals surface area contributed by atoms with Crippen molar-refractivity contribution in [2.24, 2.45) is 0 Å². The predicted octanol–water partition coefficient (Wildman–Crippen LogP) is 12.1. The van der Waals surface area contributed by atoms with Crippen LogP contribution in [0.1, 0.15) is 128 Å². The molecule has 0 saturated heterocycles. The highest BCUT2D eigenvalue weighted by Crippen LogP contribution is 2.47. The fourth-order valence-corrected chi connectivity index (χ4v) is 9.86. The van der Waals surface area contributed by atoms with Crippen molar-refractivity contribution in [3.05, 3.63) is 100 Å². The Morgan fingerprint density at radius 1 is 0.283 bits per heavy atom. The standard InChI is InChI=1S/C44H60N2/c1-21-23(3)31(11)41-37(25(21)5)33(13)35(15)45(41)43(17,18)39-27(7)29(9)40(30(10)28(39)8)44(19,20)46-36(16)34(14)38-26(6)22(2)24(4)32(12)42(38)46/h1-20H3. The van der Waals surface area contributed by atoms with E-state index in [2.05, 4.69) is 148 Å². The first-order chi connectivity index (χ1) is 21.1. The summed E-state index contributed by atoms with van der Waals surface area (Å²) in [5, 5.41) is 2.88. The van der Waals surface area contributed by atoms with Crippen LogP contribution >= 0.6 is 0 Å². The normalized spacial score (nSPS) is 12.8. The van der Waals surface area contributed by atoms with Gasteiger partial charge in [0.1, 0.15) is 0 Å². The number of rotatable bonds is 4. The zero-order chi connectivity index (χ0) is 34.9. The van der Waals surface area contributed by atoms with Crippen LogP contribution in [0.5, 0.6) is 0 Å². The second-order valence-corrected chi connectivity index (χ2v) is 15.9. The first-order valence-corrected chi connectivity index (χ1v) is 17.3. The SMILES string of the molecule is Cc1c(C)c(C(C)(C)n2c(C)c(C)c3c(C)c(C)c(C)c(C)c32)c(C)c(C)c1C(C)(C)n1c(C)c(C)c2c(C)c(C)c(C)c(C)c21. The van der Waals surface area contributed by atoms with Gasteiger partial charge in [-0.25, -0.2) is 0 Å². The average Bonchev–Trinajstić information content (AvgIpc) is 3.41. The molecule has 0 saturated carbocycles. The van der Waals surface area contributed by atoms with Crippen molar-refractivity contribution in [2.45, 2.75) is 150 Å². The fraction of sp³-hybridized carbons (Fsp3) is 0.500. The minimum absolute atomic E-state index is 0.239. The lowest BCUT2D eigenvalue weighted by atomic mass is 9.75. The van der Waals surface area contributed by atoms with E-state index in [1.165, 1.54) is 122 Å². The Labute approximate surface area is 280 Å². The number of nitrogens with zero attached hydrogens (tertiary/aromatic N) is 2. The molecule has 0 spiro atoms. The summed E-state index contributed by atoms with van der Waals surface area (Å²) in [6.07, 6.45) is 0. The molecule has 0 aliphatic rings. The van der Waals surface area contributed by atoms with Crippen LogP contribution in [-0.2, 0) is 11.1 Å². The highest BCUT2D eigenvalue weighted by Gasteiger charge is 2.38. The van der Waals surface area contributed by atoms with Crippen LogP contribution in [0.15, 0.2) is 0 Å². The number of hydrogen-bond donors (Lipinski definition) is 0. The van der Waals surface area contributed by atoms with Gasteiger partial charge in [0.25, 0.3) is 0 Å². The largest absolute Gasteiger partial charge is 0.335 e. The van der Waals surface area contributed by atoms with Crippen molar-refractivity contribution in [3.8, 4) is 0 Å². The first-order valence-electron chi connectivity index (χ1n) is 17.3. The summed E-state index contributed by atoms with van der Waals surface area (Å²) in [6, 6.07) is 0. The highest BCUT2D eigenvalue weighted by molar-refractivity contribution is 5.94. The number of benzene rings is 3. The average molecular weight is 617 g/mol. The quantitative estimate of drug-likeness (QED) is 0.190. The lowest BCUT2D eigenvalue weighted by Gasteiger charge is -2.40. The van der Waals surface area contributed by atoms with E-state index < -0.39 is 0 Å². The molecule has 246 valence electrons. The fourth-order valence-electron chi connectivity index (χ4n) is 9.86. The van der Waals surface area contributed by atoms with E-state index in [0.717, 1.165) is 0 Å². The minimum Gasteiger partial charge on any atom is -0.335 e. The molecule has 2 heteroatoms. The maximum Gasteiger partial charge on any atom is 0.0648 e. The number of fused-ring (bicyclic) bond motifs is 2. The Bertz CT molecular complexity index is 1950. The monoisotopic (exact) mass is 616 g/mol. The molecule has 3 aromatic carbocycles. The van der Waals surface area contributed by atoms with Crippen LogP contribution in [0.2, 0.25) is 0 Å². The summed E-state index contributed by atoms with van der Waals surface area (Å²) in [5.41, 5.74) is 27.8. The Morgan fingerprint density at radius 2 is 0.522 bits per heavy atom. The highest BCUT2D eigenvalue weighted by atomic mass is 15.1. The van der Waals surface area contributed by atoms with Gasteiger partial charge in [-0.05, 0) is 227 Å². The van der Waals surface area contributed by atoms with E-state index in [-0.39, 0.29) is 11.1 Å². The molecular weight excluding hydrogens is 556 g/mol. The Kier molecular flexibility index (Phi) is 7.87. The Balaban J connectivity index is 1.86. The Morgan fingerprint density at radius 3 is 0.783 bits per heavy atom. The van der Waals surface area contributed by atoms with Crippen LogP contribution in [0, 0.1) is 111 Å². The van der Waals surface area contributed by atoms with Gasteiger partial charge in [0, 0.05) is 22.2 Å². The van der Waals surface area contributed by atoms with Gasteiger partial charge in [-0.1, -0.05) is 0 Å². The van der Waals surface area contributed by atoms with Crippen LogP contribution in [0.3, 0.4) is 0 Å². The van der Waals surface area contributed by atoms with Crippen LogP contribution in [0.4, 0.5) is 0 Å². The lowest BCUT2D eigenvalue weighted by molar-refractivity contribution is 0.424. The number of aryl methyl sites for hydroxylation is 6. The van der Waals surface area contributed by atoms with Crippen molar-refractivity contribution in [2.75, 3.05) is 0 Å². The van der Waals surface area contributed by atoms with Crippen LogP contribution in [-0.4, -0.2) is 9.13 Å². The van der Waals surface area contributed by atoms with Gasteiger partial charge in [-0.3, -0.25) is 0 Å². The van der Waals surface area contributed by atoms with E-state index in [9.17, 15) is 0 Å². The molecule has 2 aromatic heterocycles. The molecule has 5 rings (SSSR count). The first kappa shape index (κ1) is 34.1.